The SMILES string of the molecule is CC1=CSC2CCCCN2CC1=O. The monoisotopic (exact) mass is 197 g/mol. The number of thioether (sulfide) groups is 1. The minimum Gasteiger partial charge on any atom is -0.293 e. The maximum absolute atomic E-state index is 11.5. The molecule has 0 aromatic carbocycles. The standard InChI is InChI=1S/C10H15NOS/c1-8-7-13-10-4-2-3-5-11(10)6-9(8)12/h7,10H,2-6H2,1H3. The van der Waals surface area contributed by atoms with Crippen LogP contribution >= 0.6 is 11.8 Å². The summed E-state index contributed by atoms with van der Waals surface area (Å²) in [4.78, 5) is 13.9. The van der Waals surface area contributed by atoms with Crippen molar-refractivity contribution >= 4 is 17.5 Å². The Kier molecular flexibility index (Phi) is 2.74. The van der Waals surface area contributed by atoms with Crippen molar-refractivity contribution in [2.75, 3.05) is 13.1 Å². The van der Waals surface area contributed by atoms with E-state index in [4.69, 9.17) is 0 Å². The Hall–Kier alpha value is -0.280. The molecule has 0 aromatic rings. The number of hydrogen-bond acceptors (Lipinski definition) is 3. The molecule has 0 radical (unpaired) electrons. The zero-order valence-corrected chi connectivity index (χ0v) is 8.77. The number of hydrogen-bond donors (Lipinski definition) is 0. The molecule has 0 aliphatic carbocycles. The molecule has 0 amide bonds. The van der Waals surface area contributed by atoms with Gasteiger partial charge in [0.25, 0.3) is 0 Å². The molecule has 0 N–H and O–H groups in total. The zero-order chi connectivity index (χ0) is 9.26. The molecule has 2 aliphatic rings. The van der Waals surface area contributed by atoms with Gasteiger partial charge in [0, 0.05) is 0 Å². The molecule has 0 saturated carbocycles. The van der Waals surface area contributed by atoms with E-state index in [-0.39, 0.29) is 0 Å². The zero-order valence-electron chi connectivity index (χ0n) is 7.95. The highest BCUT2D eigenvalue weighted by molar-refractivity contribution is 8.02. The third kappa shape index (κ3) is 1.97. The van der Waals surface area contributed by atoms with E-state index in [1.807, 2.05) is 24.1 Å². The molecule has 0 aromatic heterocycles. The van der Waals surface area contributed by atoms with Crippen LogP contribution < -0.4 is 0 Å². The topological polar surface area (TPSA) is 20.3 Å². The predicted octanol–water partition coefficient (Wildman–Crippen LogP) is 2.02. The van der Waals surface area contributed by atoms with Crippen molar-refractivity contribution in [3.05, 3.63) is 11.0 Å². The highest BCUT2D eigenvalue weighted by atomic mass is 32.2. The van der Waals surface area contributed by atoms with Crippen molar-refractivity contribution in [1.82, 2.24) is 4.90 Å². The van der Waals surface area contributed by atoms with Gasteiger partial charge in [-0.1, -0.05) is 0 Å². The molecule has 1 saturated heterocycles. The predicted molar refractivity (Wildman–Crippen MR) is 55.6 cm³/mol. The highest BCUT2D eigenvalue weighted by Gasteiger charge is 2.26. The quantitative estimate of drug-likeness (QED) is 0.592. The summed E-state index contributed by atoms with van der Waals surface area (Å²) in [5.41, 5.74) is 0.930. The number of carbonyl (C=O) groups is 1. The minimum atomic E-state index is 0.303. The third-order valence-electron chi connectivity index (χ3n) is 2.74. The van der Waals surface area contributed by atoms with E-state index in [2.05, 4.69) is 4.90 Å². The molecule has 2 rings (SSSR count). The van der Waals surface area contributed by atoms with Crippen LogP contribution in [0.1, 0.15) is 26.2 Å². The van der Waals surface area contributed by atoms with E-state index in [1.165, 1.54) is 19.3 Å². The van der Waals surface area contributed by atoms with Crippen LogP contribution in [0.5, 0.6) is 0 Å². The van der Waals surface area contributed by atoms with Crippen LogP contribution in [0.4, 0.5) is 0 Å². The first-order valence-corrected chi connectivity index (χ1v) is 5.81. The molecular weight excluding hydrogens is 182 g/mol. The molecule has 1 atom stereocenters. The van der Waals surface area contributed by atoms with Crippen molar-refractivity contribution in [3.63, 3.8) is 0 Å². The van der Waals surface area contributed by atoms with Crippen LogP contribution in [0, 0.1) is 0 Å². The van der Waals surface area contributed by atoms with Crippen molar-refractivity contribution < 1.29 is 4.79 Å². The summed E-state index contributed by atoms with van der Waals surface area (Å²) >= 11 is 1.82. The van der Waals surface area contributed by atoms with Gasteiger partial charge in [0.15, 0.2) is 5.78 Å². The summed E-state index contributed by atoms with van der Waals surface area (Å²) in [5, 5.41) is 2.60. The lowest BCUT2D eigenvalue weighted by Gasteiger charge is -2.32. The first-order valence-electron chi connectivity index (χ1n) is 4.87. The fourth-order valence-electron chi connectivity index (χ4n) is 1.85. The fraction of sp³-hybridized carbons (Fsp3) is 0.700. The van der Waals surface area contributed by atoms with Gasteiger partial charge in [0.05, 0.1) is 11.9 Å². The maximum atomic E-state index is 11.5. The lowest BCUT2D eigenvalue weighted by molar-refractivity contribution is -0.116. The van der Waals surface area contributed by atoms with Crippen LogP contribution in [0.3, 0.4) is 0 Å². The lowest BCUT2D eigenvalue weighted by atomic mass is 10.1. The van der Waals surface area contributed by atoms with E-state index < -0.39 is 0 Å². The van der Waals surface area contributed by atoms with Gasteiger partial charge in [-0.3, -0.25) is 9.69 Å². The van der Waals surface area contributed by atoms with Crippen molar-refractivity contribution in [2.24, 2.45) is 0 Å². The Balaban J connectivity index is 2.11. The van der Waals surface area contributed by atoms with Crippen molar-refractivity contribution in [1.29, 1.82) is 0 Å². The van der Waals surface area contributed by atoms with Crippen LogP contribution in [0.2, 0.25) is 0 Å². The normalized spacial score (nSPS) is 30.7. The van der Waals surface area contributed by atoms with Gasteiger partial charge in [-0.15, -0.1) is 11.8 Å². The van der Waals surface area contributed by atoms with Gasteiger partial charge in [-0.2, -0.15) is 0 Å². The van der Waals surface area contributed by atoms with E-state index in [0.717, 1.165) is 12.1 Å². The van der Waals surface area contributed by atoms with Crippen LogP contribution in [0.15, 0.2) is 11.0 Å². The van der Waals surface area contributed by atoms with Crippen LogP contribution in [-0.4, -0.2) is 29.1 Å². The number of nitrogens with zero attached hydrogens (tertiary/aromatic N) is 1. The van der Waals surface area contributed by atoms with Crippen LogP contribution in [-0.2, 0) is 4.79 Å². The Morgan fingerprint density at radius 3 is 3.23 bits per heavy atom. The molecule has 3 heteroatoms. The summed E-state index contributed by atoms with van der Waals surface area (Å²) in [7, 11) is 0. The van der Waals surface area contributed by atoms with Crippen molar-refractivity contribution in [2.45, 2.75) is 31.6 Å². The van der Waals surface area contributed by atoms with Gasteiger partial charge >= 0.3 is 0 Å². The average Bonchev–Trinajstić information content (AvgIpc) is 2.28. The van der Waals surface area contributed by atoms with E-state index >= 15 is 0 Å². The van der Waals surface area contributed by atoms with E-state index in [0.29, 0.717) is 17.7 Å². The fourth-order valence-corrected chi connectivity index (χ4v) is 3.00. The smallest absolute Gasteiger partial charge is 0.173 e. The number of carbonyl (C=O) groups excluding carboxylic acids is 1. The largest absolute Gasteiger partial charge is 0.293 e. The first-order chi connectivity index (χ1) is 6.27. The third-order valence-corrected chi connectivity index (χ3v) is 4.08. The summed E-state index contributed by atoms with van der Waals surface area (Å²) in [6.07, 6.45) is 3.81. The maximum Gasteiger partial charge on any atom is 0.173 e. The Labute approximate surface area is 83.4 Å². The molecule has 13 heavy (non-hydrogen) atoms. The summed E-state index contributed by atoms with van der Waals surface area (Å²) in [6, 6.07) is 0. The lowest BCUT2D eigenvalue weighted by Crippen LogP contribution is -2.39. The first kappa shape index (κ1) is 9.28. The molecule has 1 fully saturated rings. The summed E-state index contributed by atoms with van der Waals surface area (Å²) < 4.78 is 0. The van der Waals surface area contributed by atoms with Gasteiger partial charge in [0.2, 0.25) is 0 Å². The van der Waals surface area contributed by atoms with Gasteiger partial charge < -0.3 is 0 Å². The Morgan fingerprint density at radius 2 is 2.38 bits per heavy atom. The Morgan fingerprint density at radius 1 is 1.54 bits per heavy atom. The molecule has 0 spiro atoms. The number of rotatable bonds is 0. The average molecular weight is 197 g/mol. The number of fused-ring (bicyclic) bond motifs is 1. The van der Waals surface area contributed by atoms with Crippen molar-refractivity contribution in [3.8, 4) is 0 Å². The molecule has 2 heterocycles. The number of piperidine rings is 1. The summed E-state index contributed by atoms with van der Waals surface area (Å²) in [6.45, 7) is 3.66. The second kappa shape index (κ2) is 3.84. The molecule has 0 bridgehead atoms. The molecule has 72 valence electrons. The summed E-state index contributed by atoms with van der Waals surface area (Å²) in [5.74, 6) is 0.303. The van der Waals surface area contributed by atoms with E-state index in [9.17, 15) is 4.79 Å². The second-order valence-corrected chi connectivity index (χ2v) is 4.83. The van der Waals surface area contributed by atoms with Crippen LogP contribution in [0.25, 0.3) is 0 Å². The second-order valence-electron chi connectivity index (χ2n) is 3.78. The van der Waals surface area contributed by atoms with Gasteiger partial charge in [0.1, 0.15) is 0 Å². The number of ketones is 1. The Bertz CT molecular complexity index is 249. The molecule has 2 nitrogen and oxygen atoms in total. The van der Waals surface area contributed by atoms with E-state index in [1.54, 1.807) is 0 Å². The number of Topliss-reactive ketones (excluding diaryl/α,β-unsaturated/α-hetero) is 1. The van der Waals surface area contributed by atoms with Gasteiger partial charge in [-0.05, 0) is 43.7 Å². The molecule has 1 unspecified atom stereocenters. The molecular formula is C10H15NOS. The minimum absolute atomic E-state index is 0.303. The van der Waals surface area contributed by atoms with Gasteiger partial charge in [-0.25, -0.2) is 0 Å². The molecule has 2 aliphatic heterocycles. The highest BCUT2D eigenvalue weighted by Crippen LogP contribution is 2.30.